The van der Waals surface area contributed by atoms with Gasteiger partial charge in [-0.1, -0.05) is 0 Å². The Morgan fingerprint density at radius 3 is 2.30 bits per heavy atom. The maximum atomic E-state index is 13.9. The molecule has 0 aliphatic carbocycles. The zero-order chi connectivity index (χ0) is 15.6. The van der Waals surface area contributed by atoms with Crippen molar-refractivity contribution in [3.63, 3.8) is 0 Å². The molecule has 0 atom stereocenters. The van der Waals surface area contributed by atoms with Gasteiger partial charge in [-0.2, -0.15) is 13.2 Å². The van der Waals surface area contributed by atoms with Gasteiger partial charge < -0.3 is 5.32 Å². The summed E-state index contributed by atoms with van der Waals surface area (Å²) in [6.07, 6.45) is -4.78. The van der Waals surface area contributed by atoms with Crippen LogP contribution in [0.25, 0.3) is 0 Å². The zero-order valence-corrected chi connectivity index (χ0v) is 11.0. The van der Waals surface area contributed by atoms with E-state index in [0.29, 0.717) is 12.1 Å². The summed E-state index contributed by atoms with van der Waals surface area (Å²) >= 11 is 0. The number of rotatable bonds is 5. The molecule has 0 unspecified atom stereocenters. The summed E-state index contributed by atoms with van der Waals surface area (Å²) in [6.45, 7) is -2.15. The fourth-order valence-electron chi connectivity index (χ4n) is 1.38. The largest absolute Gasteiger partial charge is 0.402 e. The summed E-state index contributed by atoms with van der Waals surface area (Å²) in [5.41, 5.74) is -0.567. The molecule has 114 valence electrons. The second-order valence-electron chi connectivity index (χ2n) is 3.81. The van der Waals surface area contributed by atoms with E-state index < -0.39 is 44.8 Å². The van der Waals surface area contributed by atoms with Gasteiger partial charge >= 0.3 is 6.18 Å². The van der Waals surface area contributed by atoms with Gasteiger partial charge in [0.1, 0.15) is 17.3 Å². The molecule has 0 aromatic heterocycles. The highest BCUT2D eigenvalue weighted by Crippen LogP contribution is 2.22. The van der Waals surface area contributed by atoms with E-state index in [9.17, 15) is 30.4 Å². The molecule has 0 aliphatic heterocycles. The lowest BCUT2D eigenvalue weighted by Gasteiger charge is -2.12. The Balaban J connectivity index is 3.16. The van der Waals surface area contributed by atoms with Crippen molar-refractivity contribution in [1.29, 1.82) is 0 Å². The van der Waals surface area contributed by atoms with Crippen LogP contribution in [0.4, 0.5) is 22.0 Å². The molecule has 0 fully saturated rings. The summed E-state index contributed by atoms with van der Waals surface area (Å²) in [5, 5.41) is 2.43. The molecule has 0 radical (unpaired) electrons. The normalized spacial score (nSPS) is 12.7. The molecule has 10 heteroatoms. The van der Waals surface area contributed by atoms with Gasteiger partial charge in [-0.25, -0.2) is 21.9 Å². The maximum absolute atomic E-state index is 13.9. The van der Waals surface area contributed by atoms with Crippen LogP contribution in [-0.2, 0) is 16.6 Å². The standard InChI is InChI=1S/C10H11F5N2O2S/c1-16-4-6-7(11)2-3-8(9(6)12)20(18,19)17-5-10(13,14)15/h2-3,16-17H,4-5H2,1H3. The fourth-order valence-corrected chi connectivity index (χ4v) is 2.49. The number of nitrogens with one attached hydrogen (secondary N) is 2. The summed E-state index contributed by atoms with van der Waals surface area (Å²) < 4.78 is 87.4. The van der Waals surface area contributed by atoms with Crippen LogP contribution in [0.2, 0.25) is 0 Å². The molecule has 0 aliphatic rings. The van der Waals surface area contributed by atoms with Gasteiger partial charge in [0.15, 0.2) is 5.82 Å². The summed E-state index contributed by atoms with van der Waals surface area (Å²) in [4.78, 5) is -1.03. The van der Waals surface area contributed by atoms with E-state index in [1.165, 1.54) is 11.8 Å². The number of alkyl halides is 3. The number of hydrogen-bond acceptors (Lipinski definition) is 3. The molecule has 0 bridgehead atoms. The smallest absolute Gasteiger partial charge is 0.315 e. The van der Waals surface area contributed by atoms with E-state index in [2.05, 4.69) is 5.32 Å². The Labute approximate surface area is 112 Å². The predicted octanol–water partition coefficient (Wildman–Crippen LogP) is 1.52. The molecule has 1 aromatic rings. The van der Waals surface area contributed by atoms with Crippen molar-refractivity contribution in [3.8, 4) is 0 Å². The molecular formula is C10H11F5N2O2S. The highest BCUT2D eigenvalue weighted by atomic mass is 32.2. The van der Waals surface area contributed by atoms with E-state index in [1.807, 2.05) is 0 Å². The first-order valence-electron chi connectivity index (χ1n) is 5.26. The molecule has 4 nitrogen and oxygen atoms in total. The van der Waals surface area contributed by atoms with Crippen LogP contribution in [0.1, 0.15) is 5.56 Å². The topological polar surface area (TPSA) is 58.2 Å². The third kappa shape index (κ3) is 4.12. The third-order valence-electron chi connectivity index (χ3n) is 2.26. The van der Waals surface area contributed by atoms with Gasteiger partial charge in [-0.3, -0.25) is 0 Å². The van der Waals surface area contributed by atoms with E-state index in [4.69, 9.17) is 0 Å². The lowest BCUT2D eigenvalue weighted by atomic mass is 10.2. The molecular weight excluding hydrogens is 307 g/mol. The highest BCUT2D eigenvalue weighted by Gasteiger charge is 2.31. The van der Waals surface area contributed by atoms with Crippen LogP contribution in [0.5, 0.6) is 0 Å². The molecule has 0 spiro atoms. The Hall–Kier alpha value is -1.26. The van der Waals surface area contributed by atoms with Crippen LogP contribution < -0.4 is 10.0 Å². The van der Waals surface area contributed by atoms with Crippen molar-refractivity contribution < 1.29 is 30.4 Å². The average Bonchev–Trinajstić information content (AvgIpc) is 2.31. The van der Waals surface area contributed by atoms with Gasteiger partial charge in [0.05, 0.1) is 0 Å². The first-order valence-corrected chi connectivity index (χ1v) is 6.74. The highest BCUT2D eigenvalue weighted by molar-refractivity contribution is 7.89. The Kier molecular flexibility index (Phi) is 5.05. The quantitative estimate of drug-likeness (QED) is 0.810. The van der Waals surface area contributed by atoms with Crippen molar-refractivity contribution >= 4 is 10.0 Å². The molecule has 1 aromatic carbocycles. The number of sulfonamides is 1. The van der Waals surface area contributed by atoms with Crippen molar-refractivity contribution in [2.75, 3.05) is 13.6 Å². The van der Waals surface area contributed by atoms with Gasteiger partial charge in [-0.05, 0) is 19.2 Å². The summed E-state index contributed by atoms with van der Waals surface area (Å²) in [7, 11) is -3.34. The molecule has 2 N–H and O–H groups in total. The van der Waals surface area contributed by atoms with Gasteiger partial charge in [-0.15, -0.1) is 0 Å². The van der Waals surface area contributed by atoms with Crippen molar-refractivity contribution in [2.24, 2.45) is 0 Å². The summed E-state index contributed by atoms with van der Waals surface area (Å²) in [5.74, 6) is -2.42. The minimum atomic E-state index is -4.78. The number of benzene rings is 1. The lowest BCUT2D eigenvalue weighted by molar-refractivity contribution is -0.121. The third-order valence-corrected chi connectivity index (χ3v) is 3.68. The molecule has 1 rings (SSSR count). The van der Waals surface area contributed by atoms with Gasteiger partial charge in [0.2, 0.25) is 10.0 Å². The first kappa shape index (κ1) is 16.8. The SMILES string of the molecule is CNCc1c(F)ccc(S(=O)(=O)NCC(F)(F)F)c1F. The van der Waals surface area contributed by atoms with Gasteiger partial charge in [0.25, 0.3) is 0 Å². The van der Waals surface area contributed by atoms with Crippen molar-refractivity contribution in [1.82, 2.24) is 10.0 Å². The second kappa shape index (κ2) is 6.02. The van der Waals surface area contributed by atoms with Gasteiger partial charge in [0, 0.05) is 12.1 Å². The molecule has 0 saturated carbocycles. The monoisotopic (exact) mass is 318 g/mol. The zero-order valence-electron chi connectivity index (χ0n) is 10.2. The van der Waals surface area contributed by atoms with Crippen LogP contribution in [-0.4, -0.2) is 28.2 Å². The van der Waals surface area contributed by atoms with Crippen molar-refractivity contribution in [2.45, 2.75) is 17.6 Å². The lowest BCUT2D eigenvalue weighted by Crippen LogP contribution is -2.34. The Morgan fingerprint density at radius 1 is 1.20 bits per heavy atom. The predicted molar refractivity (Wildman–Crippen MR) is 60.4 cm³/mol. The average molecular weight is 318 g/mol. The second-order valence-corrected chi connectivity index (χ2v) is 5.54. The first-order chi connectivity index (χ1) is 9.08. The Bertz CT molecular complexity index is 586. The van der Waals surface area contributed by atoms with E-state index in [-0.39, 0.29) is 6.54 Å². The van der Waals surface area contributed by atoms with E-state index in [1.54, 1.807) is 0 Å². The van der Waals surface area contributed by atoms with Crippen LogP contribution in [0.3, 0.4) is 0 Å². The summed E-state index contributed by atoms with van der Waals surface area (Å²) in [6, 6.07) is 1.25. The minimum absolute atomic E-state index is 0.305. The Morgan fingerprint density at radius 2 is 1.80 bits per heavy atom. The molecule has 0 saturated heterocycles. The van der Waals surface area contributed by atoms with Crippen molar-refractivity contribution in [3.05, 3.63) is 29.3 Å². The minimum Gasteiger partial charge on any atom is -0.315 e. The molecule has 0 amide bonds. The van der Waals surface area contributed by atoms with Crippen LogP contribution in [0, 0.1) is 11.6 Å². The van der Waals surface area contributed by atoms with Crippen LogP contribution in [0.15, 0.2) is 17.0 Å². The molecule has 20 heavy (non-hydrogen) atoms. The maximum Gasteiger partial charge on any atom is 0.402 e. The van der Waals surface area contributed by atoms with Crippen LogP contribution >= 0.6 is 0 Å². The number of halogens is 5. The van der Waals surface area contributed by atoms with E-state index >= 15 is 0 Å². The van der Waals surface area contributed by atoms with E-state index in [0.717, 1.165) is 0 Å². The number of hydrogen-bond donors (Lipinski definition) is 2. The molecule has 0 heterocycles. The fraction of sp³-hybridized carbons (Fsp3) is 0.400.